The maximum absolute atomic E-state index is 4.44. The number of nitrogens with one attached hydrogen (secondary N) is 1. The topological polar surface area (TPSA) is 49.7 Å². The Balaban J connectivity index is 1.47. The van der Waals surface area contributed by atoms with Crippen molar-refractivity contribution in [2.75, 3.05) is 19.6 Å². The van der Waals surface area contributed by atoms with Gasteiger partial charge in [-0.15, -0.1) is 0 Å². The Morgan fingerprint density at radius 1 is 1.43 bits per heavy atom. The normalized spacial score (nSPS) is 20.0. The number of aromatic nitrogens is 4. The van der Waals surface area contributed by atoms with Gasteiger partial charge in [-0.3, -0.25) is 9.78 Å². The monoisotopic (exact) mass is 287 g/mol. The molecule has 3 rings (SSSR count). The predicted molar refractivity (Wildman–Crippen MR) is 83.3 cm³/mol. The molecule has 0 bridgehead atoms. The molecular formula is C16H25N5. The first-order valence-electron chi connectivity index (χ1n) is 7.92. The molecule has 0 unspecified atom stereocenters. The zero-order valence-corrected chi connectivity index (χ0v) is 13.0. The SMILES string of the molecule is Cc1cc([C@H]2CCCN(CCCc3cnn(C)c3)C2)n[nH]1. The number of rotatable bonds is 5. The van der Waals surface area contributed by atoms with E-state index in [9.17, 15) is 0 Å². The Labute approximate surface area is 126 Å². The maximum atomic E-state index is 4.44. The average molecular weight is 287 g/mol. The highest BCUT2D eigenvalue weighted by Gasteiger charge is 2.22. The van der Waals surface area contributed by atoms with Crippen LogP contribution in [0.4, 0.5) is 0 Å². The van der Waals surface area contributed by atoms with Crippen LogP contribution in [0.3, 0.4) is 0 Å². The number of likely N-dealkylation sites (tertiary alicyclic amines) is 1. The molecule has 5 nitrogen and oxygen atoms in total. The predicted octanol–water partition coefficient (Wildman–Crippen LogP) is 2.26. The lowest BCUT2D eigenvalue weighted by Gasteiger charge is -2.31. The summed E-state index contributed by atoms with van der Waals surface area (Å²) in [6.45, 7) is 5.63. The van der Waals surface area contributed by atoms with E-state index in [0.29, 0.717) is 5.92 Å². The Morgan fingerprint density at radius 2 is 2.33 bits per heavy atom. The first-order chi connectivity index (χ1) is 10.2. The van der Waals surface area contributed by atoms with E-state index < -0.39 is 0 Å². The fourth-order valence-electron chi connectivity index (χ4n) is 3.26. The molecule has 114 valence electrons. The van der Waals surface area contributed by atoms with Gasteiger partial charge in [-0.25, -0.2) is 0 Å². The molecule has 21 heavy (non-hydrogen) atoms. The summed E-state index contributed by atoms with van der Waals surface area (Å²) in [5.41, 5.74) is 3.75. The van der Waals surface area contributed by atoms with Crippen molar-refractivity contribution in [3.63, 3.8) is 0 Å². The number of H-pyrrole nitrogens is 1. The lowest BCUT2D eigenvalue weighted by atomic mass is 9.94. The fraction of sp³-hybridized carbons (Fsp3) is 0.625. The molecule has 1 fully saturated rings. The average Bonchev–Trinajstić information content (AvgIpc) is 3.08. The van der Waals surface area contributed by atoms with Gasteiger partial charge >= 0.3 is 0 Å². The third kappa shape index (κ3) is 3.73. The molecule has 1 saturated heterocycles. The standard InChI is InChI=1S/C16H25N5/c1-13-9-16(19-18-13)15-6-4-8-21(12-15)7-3-5-14-10-17-20(2)11-14/h9-11,15H,3-8,12H2,1-2H3,(H,18,19)/t15-/m0/s1. The van der Waals surface area contributed by atoms with Gasteiger partial charge in [0.05, 0.1) is 11.9 Å². The number of aryl methyl sites for hydroxylation is 3. The van der Waals surface area contributed by atoms with Crippen molar-refractivity contribution in [1.29, 1.82) is 0 Å². The van der Waals surface area contributed by atoms with Crippen LogP contribution < -0.4 is 0 Å². The second-order valence-corrected chi connectivity index (χ2v) is 6.24. The van der Waals surface area contributed by atoms with E-state index in [4.69, 9.17) is 0 Å². The highest BCUT2D eigenvalue weighted by Crippen LogP contribution is 2.26. The molecule has 2 aromatic heterocycles. The zero-order chi connectivity index (χ0) is 14.7. The minimum absolute atomic E-state index is 0.599. The molecule has 0 aromatic carbocycles. The van der Waals surface area contributed by atoms with Crippen LogP contribution in [-0.4, -0.2) is 44.5 Å². The summed E-state index contributed by atoms with van der Waals surface area (Å²) in [6, 6.07) is 2.20. The summed E-state index contributed by atoms with van der Waals surface area (Å²) in [5.74, 6) is 0.599. The summed E-state index contributed by atoms with van der Waals surface area (Å²) < 4.78 is 1.88. The largest absolute Gasteiger partial charge is 0.303 e. The molecular weight excluding hydrogens is 262 g/mol. The molecule has 1 atom stereocenters. The van der Waals surface area contributed by atoms with Crippen LogP contribution in [0.15, 0.2) is 18.5 Å². The first kappa shape index (κ1) is 14.3. The summed E-state index contributed by atoms with van der Waals surface area (Å²) in [5, 5.41) is 11.7. The number of piperidine rings is 1. The van der Waals surface area contributed by atoms with Gasteiger partial charge in [0.15, 0.2) is 0 Å². The van der Waals surface area contributed by atoms with Crippen LogP contribution in [0.1, 0.15) is 42.1 Å². The number of hydrogen-bond acceptors (Lipinski definition) is 3. The molecule has 0 aliphatic carbocycles. The molecule has 3 heterocycles. The Kier molecular flexibility index (Phi) is 4.39. The van der Waals surface area contributed by atoms with Gasteiger partial charge in [0.25, 0.3) is 0 Å². The summed E-state index contributed by atoms with van der Waals surface area (Å²) in [7, 11) is 1.98. The second kappa shape index (κ2) is 6.43. The number of hydrogen-bond donors (Lipinski definition) is 1. The van der Waals surface area contributed by atoms with Crippen molar-refractivity contribution >= 4 is 0 Å². The summed E-state index contributed by atoms with van der Waals surface area (Å²) >= 11 is 0. The van der Waals surface area contributed by atoms with Gasteiger partial charge < -0.3 is 4.90 Å². The van der Waals surface area contributed by atoms with Crippen LogP contribution in [-0.2, 0) is 13.5 Å². The van der Waals surface area contributed by atoms with Gasteiger partial charge in [-0.05, 0) is 57.3 Å². The Morgan fingerprint density at radius 3 is 3.05 bits per heavy atom. The minimum atomic E-state index is 0.599. The van der Waals surface area contributed by atoms with Gasteiger partial charge in [0.1, 0.15) is 0 Å². The smallest absolute Gasteiger partial charge is 0.0668 e. The summed E-state index contributed by atoms with van der Waals surface area (Å²) in [6.07, 6.45) is 8.97. The van der Waals surface area contributed by atoms with E-state index in [1.807, 2.05) is 17.9 Å². The summed E-state index contributed by atoms with van der Waals surface area (Å²) in [4.78, 5) is 2.59. The number of aromatic amines is 1. The molecule has 5 heteroatoms. The lowest BCUT2D eigenvalue weighted by molar-refractivity contribution is 0.204. The molecule has 2 aromatic rings. The van der Waals surface area contributed by atoms with Crippen LogP contribution in [0.2, 0.25) is 0 Å². The van der Waals surface area contributed by atoms with Crippen molar-refractivity contribution < 1.29 is 0 Å². The first-order valence-corrected chi connectivity index (χ1v) is 7.92. The highest BCUT2D eigenvalue weighted by atomic mass is 15.2. The molecule has 1 aliphatic rings. The van der Waals surface area contributed by atoms with Crippen molar-refractivity contribution in [2.45, 2.75) is 38.5 Å². The van der Waals surface area contributed by atoms with Gasteiger partial charge in [-0.1, -0.05) is 0 Å². The second-order valence-electron chi connectivity index (χ2n) is 6.24. The lowest BCUT2D eigenvalue weighted by Crippen LogP contribution is -2.35. The van der Waals surface area contributed by atoms with Crippen LogP contribution >= 0.6 is 0 Å². The minimum Gasteiger partial charge on any atom is -0.303 e. The number of nitrogens with zero attached hydrogens (tertiary/aromatic N) is 4. The quantitative estimate of drug-likeness (QED) is 0.917. The van der Waals surface area contributed by atoms with Gasteiger partial charge in [0.2, 0.25) is 0 Å². The molecule has 0 saturated carbocycles. The van der Waals surface area contributed by atoms with Crippen molar-refractivity contribution in [3.8, 4) is 0 Å². The third-order valence-corrected chi connectivity index (χ3v) is 4.35. The molecule has 1 N–H and O–H groups in total. The van der Waals surface area contributed by atoms with Crippen molar-refractivity contribution in [1.82, 2.24) is 24.9 Å². The van der Waals surface area contributed by atoms with Crippen LogP contribution in [0.5, 0.6) is 0 Å². The van der Waals surface area contributed by atoms with E-state index >= 15 is 0 Å². The molecule has 0 radical (unpaired) electrons. The van der Waals surface area contributed by atoms with Crippen molar-refractivity contribution in [3.05, 3.63) is 35.4 Å². The van der Waals surface area contributed by atoms with E-state index in [1.165, 1.54) is 49.3 Å². The van der Waals surface area contributed by atoms with E-state index in [0.717, 1.165) is 13.0 Å². The molecule has 0 spiro atoms. The highest BCUT2D eigenvalue weighted by molar-refractivity contribution is 5.13. The maximum Gasteiger partial charge on any atom is 0.0668 e. The van der Waals surface area contributed by atoms with Gasteiger partial charge in [0, 0.05) is 31.4 Å². The molecule has 0 amide bonds. The fourth-order valence-corrected chi connectivity index (χ4v) is 3.26. The van der Waals surface area contributed by atoms with Crippen LogP contribution in [0, 0.1) is 6.92 Å². The van der Waals surface area contributed by atoms with Crippen molar-refractivity contribution in [2.24, 2.45) is 7.05 Å². The van der Waals surface area contributed by atoms with Gasteiger partial charge in [-0.2, -0.15) is 10.2 Å². The van der Waals surface area contributed by atoms with Crippen LogP contribution in [0.25, 0.3) is 0 Å². The molecule has 1 aliphatic heterocycles. The Hall–Kier alpha value is -1.62. The van der Waals surface area contributed by atoms with E-state index in [1.54, 1.807) is 0 Å². The zero-order valence-electron chi connectivity index (χ0n) is 13.0. The van der Waals surface area contributed by atoms with E-state index in [2.05, 4.69) is 39.4 Å². The Bertz CT molecular complexity index is 571. The third-order valence-electron chi connectivity index (χ3n) is 4.35. The van der Waals surface area contributed by atoms with E-state index in [-0.39, 0.29) is 0 Å².